The fraction of sp³-hybridized carbons (Fsp3) is 0.500. The largest absolute Gasteiger partial charge is 0.369 e. The molecule has 1 aromatic carbocycles. The first-order valence-electron chi connectivity index (χ1n) is 7.53. The number of nitrogens with zero attached hydrogens (tertiary/aromatic N) is 1. The van der Waals surface area contributed by atoms with Crippen LogP contribution in [-0.2, 0) is 16.1 Å². The van der Waals surface area contributed by atoms with E-state index in [1.165, 1.54) is 0 Å². The number of nitrogens with one attached hydrogen (secondary N) is 1. The molecule has 1 unspecified atom stereocenters. The maximum atomic E-state index is 12.2. The van der Waals surface area contributed by atoms with Gasteiger partial charge < -0.3 is 11.1 Å². The van der Waals surface area contributed by atoms with Crippen molar-refractivity contribution < 1.29 is 9.59 Å². The first-order valence-corrected chi connectivity index (χ1v) is 7.90. The number of hydrogen-bond donors (Lipinski definition) is 2. The van der Waals surface area contributed by atoms with Crippen LogP contribution in [0, 0.1) is 5.92 Å². The normalized spacial score (nSPS) is 17.9. The predicted octanol–water partition coefficient (Wildman–Crippen LogP) is 1.54. The van der Waals surface area contributed by atoms with Crippen molar-refractivity contribution in [1.29, 1.82) is 0 Å². The summed E-state index contributed by atoms with van der Waals surface area (Å²) in [6.45, 7) is 3.83. The number of hydrogen-bond acceptors (Lipinski definition) is 3. The molecule has 1 atom stereocenters. The van der Waals surface area contributed by atoms with Gasteiger partial charge in [0.1, 0.15) is 0 Å². The van der Waals surface area contributed by atoms with Gasteiger partial charge >= 0.3 is 0 Å². The van der Waals surface area contributed by atoms with Gasteiger partial charge in [-0.05, 0) is 50.6 Å². The molecule has 0 aromatic heterocycles. The summed E-state index contributed by atoms with van der Waals surface area (Å²) in [5, 5.41) is 3.62. The molecule has 0 bridgehead atoms. The molecule has 1 heterocycles. The topological polar surface area (TPSA) is 75.4 Å². The van der Waals surface area contributed by atoms with E-state index in [2.05, 4.69) is 10.2 Å². The molecule has 5 nitrogen and oxygen atoms in total. The van der Waals surface area contributed by atoms with Gasteiger partial charge in [-0.3, -0.25) is 14.5 Å². The van der Waals surface area contributed by atoms with Gasteiger partial charge in [0, 0.05) is 17.5 Å². The van der Waals surface area contributed by atoms with E-state index in [0.717, 1.165) is 31.5 Å². The average molecular weight is 324 g/mol. The van der Waals surface area contributed by atoms with Crippen LogP contribution in [0.15, 0.2) is 24.3 Å². The summed E-state index contributed by atoms with van der Waals surface area (Å²) in [6.07, 6.45) is 1.45. The van der Waals surface area contributed by atoms with E-state index in [4.69, 9.17) is 17.3 Å². The van der Waals surface area contributed by atoms with E-state index in [-0.39, 0.29) is 23.8 Å². The standard InChI is InChI=1S/C16H22ClN3O2/c1-11(20-8-6-13(7-9-20)15(18)21)16(22)19-10-12-2-4-14(17)5-3-12/h2-5,11,13H,6-10H2,1H3,(H2,18,21)(H,19,22). The molecule has 0 saturated carbocycles. The summed E-state index contributed by atoms with van der Waals surface area (Å²) in [7, 11) is 0. The molecule has 0 aliphatic carbocycles. The molecule has 1 aliphatic heterocycles. The zero-order chi connectivity index (χ0) is 16.1. The van der Waals surface area contributed by atoms with Crippen LogP contribution < -0.4 is 11.1 Å². The van der Waals surface area contributed by atoms with Gasteiger partial charge in [0.2, 0.25) is 11.8 Å². The smallest absolute Gasteiger partial charge is 0.237 e. The number of carbonyl (C=O) groups excluding carboxylic acids is 2. The second-order valence-corrected chi connectivity index (χ2v) is 6.17. The van der Waals surface area contributed by atoms with Gasteiger partial charge in [-0.1, -0.05) is 23.7 Å². The molecular formula is C16H22ClN3O2. The number of piperidine rings is 1. The number of nitrogens with two attached hydrogens (primary N) is 1. The summed E-state index contributed by atoms with van der Waals surface area (Å²) in [5.74, 6) is -0.299. The van der Waals surface area contributed by atoms with Crippen molar-refractivity contribution in [3.8, 4) is 0 Å². The first-order chi connectivity index (χ1) is 10.5. The molecule has 1 fully saturated rings. The summed E-state index contributed by atoms with van der Waals surface area (Å²) >= 11 is 5.83. The van der Waals surface area contributed by atoms with Crippen molar-refractivity contribution >= 4 is 23.4 Å². The van der Waals surface area contributed by atoms with Gasteiger partial charge in [0.05, 0.1) is 6.04 Å². The highest BCUT2D eigenvalue weighted by Gasteiger charge is 2.28. The molecule has 120 valence electrons. The van der Waals surface area contributed by atoms with Crippen LogP contribution in [-0.4, -0.2) is 35.8 Å². The summed E-state index contributed by atoms with van der Waals surface area (Å²) in [5.41, 5.74) is 6.34. The Morgan fingerprint density at radius 2 is 1.91 bits per heavy atom. The van der Waals surface area contributed by atoms with Crippen molar-refractivity contribution in [2.24, 2.45) is 11.7 Å². The number of likely N-dealkylation sites (tertiary alicyclic amines) is 1. The maximum absolute atomic E-state index is 12.2. The van der Waals surface area contributed by atoms with Crippen LogP contribution in [0.4, 0.5) is 0 Å². The second kappa shape index (κ2) is 7.61. The molecule has 3 N–H and O–H groups in total. The Morgan fingerprint density at radius 1 is 1.32 bits per heavy atom. The highest BCUT2D eigenvalue weighted by Crippen LogP contribution is 2.18. The lowest BCUT2D eigenvalue weighted by molar-refractivity contribution is -0.127. The summed E-state index contributed by atoms with van der Waals surface area (Å²) in [4.78, 5) is 25.5. The molecule has 0 spiro atoms. The minimum atomic E-state index is -0.237. The number of halogens is 1. The van der Waals surface area contributed by atoms with Gasteiger partial charge in [-0.25, -0.2) is 0 Å². The van der Waals surface area contributed by atoms with E-state index in [1.54, 1.807) is 12.1 Å². The zero-order valence-corrected chi connectivity index (χ0v) is 13.5. The number of rotatable bonds is 5. The SMILES string of the molecule is CC(C(=O)NCc1ccc(Cl)cc1)N1CCC(C(N)=O)CC1. The molecule has 0 radical (unpaired) electrons. The maximum Gasteiger partial charge on any atom is 0.237 e. The lowest BCUT2D eigenvalue weighted by Gasteiger charge is -2.34. The fourth-order valence-electron chi connectivity index (χ4n) is 2.68. The van der Waals surface area contributed by atoms with E-state index in [0.29, 0.717) is 11.6 Å². The first kappa shape index (κ1) is 16.8. The third-order valence-corrected chi connectivity index (χ3v) is 4.49. The molecule has 1 aliphatic rings. The Morgan fingerprint density at radius 3 is 2.45 bits per heavy atom. The zero-order valence-electron chi connectivity index (χ0n) is 12.7. The average Bonchev–Trinajstić information content (AvgIpc) is 2.53. The monoisotopic (exact) mass is 323 g/mol. The molecule has 6 heteroatoms. The number of carbonyl (C=O) groups is 2. The predicted molar refractivity (Wildman–Crippen MR) is 86.3 cm³/mol. The van der Waals surface area contributed by atoms with Crippen LogP contribution in [0.25, 0.3) is 0 Å². The van der Waals surface area contributed by atoms with Crippen LogP contribution in [0.3, 0.4) is 0 Å². The van der Waals surface area contributed by atoms with Gasteiger partial charge in [-0.15, -0.1) is 0 Å². The molecule has 2 amide bonds. The highest BCUT2D eigenvalue weighted by molar-refractivity contribution is 6.30. The van der Waals surface area contributed by atoms with Crippen LogP contribution in [0.5, 0.6) is 0 Å². The Kier molecular flexibility index (Phi) is 5.80. The van der Waals surface area contributed by atoms with E-state index in [9.17, 15) is 9.59 Å². The molecule has 22 heavy (non-hydrogen) atoms. The van der Waals surface area contributed by atoms with Gasteiger partial charge in [-0.2, -0.15) is 0 Å². The van der Waals surface area contributed by atoms with Crippen LogP contribution in [0.2, 0.25) is 5.02 Å². The Labute approximate surface area is 135 Å². The quantitative estimate of drug-likeness (QED) is 0.863. The van der Waals surface area contributed by atoms with Crippen molar-refractivity contribution in [1.82, 2.24) is 10.2 Å². The van der Waals surface area contributed by atoms with Crippen LogP contribution >= 0.6 is 11.6 Å². The molecule has 2 rings (SSSR count). The van der Waals surface area contributed by atoms with E-state index < -0.39 is 0 Å². The Hall–Kier alpha value is -1.59. The van der Waals surface area contributed by atoms with E-state index in [1.807, 2.05) is 19.1 Å². The number of primary amides is 1. The minimum Gasteiger partial charge on any atom is -0.369 e. The minimum absolute atomic E-state index is 0.00697. The number of benzene rings is 1. The fourth-order valence-corrected chi connectivity index (χ4v) is 2.80. The lowest BCUT2D eigenvalue weighted by Crippen LogP contribution is -2.49. The molecular weight excluding hydrogens is 302 g/mol. The summed E-state index contributed by atoms with van der Waals surface area (Å²) in [6, 6.07) is 7.19. The number of amides is 2. The highest BCUT2D eigenvalue weighted by atomic mass is 35.5. The lowest BCUT2D eigenvalue weighted by atomic mass is 9.95. The van der Waals surface area contributed by atoms with Crippen molar-refractivity contribution in [2.75, 3.05) is 13.1 Å². The van der Waals surface area contributed by atoms with Crippen LogP contribution in [0.1, 0.15) is 25.3 Å². The second-order valence-electron chi connectivity index (χ2n) is 5.73. The van der Waals surface area contributed by atoms with Crippen molar-refractivity contribution in [2.45, 2.75) is 32.4 Å². The molecule has 1 aromatic rings. The van der Waals surface area contributed by atoms with Gasteiger partial charge in [0.25, 0.3) is 0 Å². The third-order valence-electron chi connectivity index (χ3n) is 4.24. The third kappa shape index (κ3) is 4.45. The Bertz CT molecular complexity index is 525. The van der Waals surface area contributed by atoms with Crippen molar-refractivity contribution in [3.05, 3.63) is 34.9 Å². The van der Waals surface area contributed by atoms with Crippen molar-refractivity contribution in [3.63, 3.8) is 0 Å². The van der Waals surface area contributed by atoms with Gasteiger partial charge in [0.15, 0.2) is 0 Å². The Balaban J connectivity index is 1.80. The summed E-state index contributed by atoms with van der Waals surface area (Å²) < 4.78 is 0. The molecule has 1 saturated heterocycles. The van der Waals surface area contributed by atoms with E-state index >= 15 is 0 Å².